The third kappa shape index (κ3) is 3.03. The van der Waals surface area contributed by atoms with Gasteiger partial charge in [0.2, 0.25) is 0 Å². The Morgan fingerprint density at radius 3 is 2.73 bits per heavy atom. The molecule has 4 rings (SSSR count). The van der Waals surface area contributed by atoms with E-state index in [0.29, 0.717) is 5.02 Å². The monoisotopic (exact) mass is 365 g/mol. The predicted octanol–water partition coefficient (Wildman–Crippen LogP) is 3.63. The first-order valence-electron chi connectivity index (χ1n) is 8.18. The Hall–Kier alpha value is -2.89. The van der Waals surface area contributed by atoms with Crippen molar-refractivity contribution >= 4 is 22.5 Å². The molecule has 1 atom stereocenters. The number of H-pyrrole nitrogens is 1. The molecular weight excluding hydrogens is 350 g/mol. The molecule has 26 heavy (non-hydrogen) atoms. The summed E-state index contributed by atoms with van der Waals surface area (Å²) in [4.78, 5) is 12.7. The van der Waals surface area contributed by atoms with Crippen LogP contribution in [0.3, 0.4) is 0 Å². The average Bonchev–Trinajstić information content (AvgIpc) is 3.11. The van der Waals surface area contributed by atoms with Gasteiger partial charge in [-0.2, -0.15) is 5.10 Å². The molecule has 2 aromatic heterocycles. The Morgan fingerprint density at radius 2 is 1.96 bits per heavy atom. The molecule has 4 aromatic rings. The number of hydrogen-bond acceptors (Lipinski definition) is 3. The number of aliphatic hydroxyl groups excluding tert-OH is 1. The molecule has 0 aliphatic heterocycles. The fourth-order valence-corrected chi connectivity index (χ4v) is 3.32. The van der Waals surface area contributed by atoms with E-state index in [1.165, 1.54) is 4.57 Å². The molecule has 0 bridgehead atoms. The zero-order chi connectivity index (χ0) is 18.1. The molecule has 0 aliphatic carbocycles. The van der Waals surface area contributed by atoms with Crippen LogP contribution in [0.4, 0.5) is 0 Å². The van der Waals surface area contributed by atoms with Gasteiger partial charge in [0.05, 0.1) is 24.4 Å². The lowest BCUT2D eigenvalue weighted by Gasteiger charge is -2.18. The quantitative estimate of drug-likeness (QED) is 0.580. The maximum Gasteiger partial charge on any atom is 0.251 e. The van der Waals surface area contributed by atoms with Crippen molar-refractivity contribution in [3.05, 3.63) is 87.9 Å². The standard InChI is InChI=1S/C20H16ClN3O2/c21-17-3-1-2-15(9-17)19(12-25)24-7-6-14(10-20(24)26)13-4-5-18-16(8-13)11-22-23-18/h1-11,19,25H,12H2,(H,22,23). The minimum atomic E-state index is -0.480. The van der Waals surface area contributed by atoms with E-state index in [2.05, 4.69) is 10.2 Å². The van der Waals surface area contributed by atoms with Gasteiger partial charge >= 0.3 is 0 Å². The maximum atomic E-state index is 12.7. The second kappa shape index (κ2) is 6.78. The van der Waals surface area contributed by atoms with Crippen LogP contribution in [0.15, 0.2) is 71.8 Å². The number of fused-ring (bicyclic) bond motifs is 1. The molecule has 5 nitrogen and oxygen atoms in total. The number of aromatic amines is 1. The summed E-state index contributed by atoms with van der Waals surface area (Å²) in [5, 5.41) is 18.3. The van der Waals surface area contributed by atoms with Gasteiger partial charge in [-0.3, -0.25) is 9.89 Å². The number of nitrogens with one attached hydrogen (secondary N) is 1. The predicted molar refractivity (Wildman–Crippen MR) is 102 cm³/mol. The second-order valence-corrected chi connectivity index (χ2v) is 6.52. The molecule has 2 aromatic carbocycles. The lowest BCUT2D eigenvalue weighted by molar-refractivity contribution is 0.247. The molecule has 0 saturated carbocycles. The number of pyridine rings is 1. The first-order chi connectivity index (χ1) is 12.7. The number of aliphatic hydroxyl groups is 1. The van der Waals surface area contributed by atoms with Crippen molar-refractivity contribution in [3.63, 3.8) is 0 Å². The highest BCUT2D eigenvalue weighted by Crippen LogP contribution is 2.24. The molecule has 0 fully saturated rings. The summed E-state index contributed by atoms with van der Waals surface area (Å²) in [6.45, 7) is -0.194. The fourth-order valence-electron chi connectivity index (χ4n) is 3.12. The summed E-state index contributed by atoms with van der Waals surface area (Å²) >= 11 is 6.04. The first-order valence-corrected chi connectivity index (χ1v) is 8.55. The Kier molecular flexibility index (Phi) is 4.32. The number of benzene rings is 2. The molecule has 2 heterocycles. The molecule has 0 radical (unpaired) electrons. The van der Waals surface area contributed by atoms with Crippen molar-refractivity contribution in [1.29, 1.82) is 0 Å². The van der Waals surface area contributed by atoms with Crippen LogP contribution in [0.2, 0.25) is 5.02 Å². The van der Waals surface area contributed by atoms with E-state index in [1.807, 2.05) is 30.3 Å². The number of rotatable bonds is 4. The summed E-state index contributed by atoms with van der Waals surface area (Å²) in [6, 6.07) is 16.0. The van der Waals surface area contributed by atoms with E-state index in [9.17, 15) is 9.90 Å². The van der Waals surface area contributed by atoms with Crippen molar-refractivity contribution in [2.24, 2.45) is 0 Å². The molecule has 130 valence electrons. The van der Waals surface area contributed by atoms with Crippen molar-refractivity contribution in [3.8, 4) is 11.1 Å². The van der Waals surface area contributed by atoms with Gasteiger partial charge < -0.3 is 9.67 Å². The normalized spacial score (nSPS) is 12.4. The van der Waals surface area contributed by atoms with Crippen LogP contribution in [0, 0.1) is 0 Å². The zero-order valence-corrected chi connectivity index (χ0v) is 14.5. The zero-order valence-electron chi connectivity index (χ0n) is 13.8. The van der Waals surface area contributed by atoms with Gasteiger partial charge in [-0.1, -0.05) is 29.8 Å². The van der Waals surface area contributed by atoms with Crippen LogP contribution in [0.5, 0.6) is 0 Å². The summed E-state index contributed by atoms with van der Waals surface area (Å²) < 4.78 is 1.52. The minimum absolute atomic E-state index is 0.186. The second-order valence-electron chi connectivity index (χ2n) is 6.09. The van der Waals surface area contributed by atoms with E-state index >= 15 is 0 Å². The molecule has 6 heteroatoms. The summed E-state index contributed by atoms with van der Waals surface area (Å²) in [6.07, 6.45) is 3.46. The summed E-state index contributed by atoms with van der Waals surface area (Å²) in [5.74, 6) is 0. The summed E-state index contributed by atoms with van der Waals surface area (Å²) in [5.41, 5.74) is 3.30. The average molecular weight is 366 g/mol. The van der Waals surface area contributed by atoms with Gasteiger partial charge in [0.25, 0.3) is 5.56 Å². The van der Waals surface area contributed by atoms with E-state index < -0.39 is 6.04 Å². The number of aromatic nitrogens is 3. The Morgan fingerprint density at radius 1 is 1.12 bits per heavy atom. The Balaban J connectivity index is 1.74. The van der Waals surface area contributed by atoms with Gasteiger partial charge in [-0.15, -0.1) is 0 Å². The van der Waals surface area contributed by atoms with Gasteiger partial charge in [0.1, 0.15) is 0 Å². The van der Waals surface area contributed by atoms with E-state index in [-0.39, 0.29) is 12.2 Å². The summed E-state index contributed by atoms with van der Waals surface area (Å²) in [7, 11) is 0. The molecule has 0 saturated heterocycles. The highest BCUT2D eigenvalue weighted by Gasteiger charge is 2.15. The van der Waals surface area contributed by atoms with Gasteiger partial charge in [-0.05, 0) is 47.0 Å². The van der Waals surface area contributed by atoms with Crippen LogP contribution in [-0.4, -0.2) is 26.5 Å². The third-order valence-corrected chi connectivity index (χ3v) is 4.70. The maximum absolute atomic E-state index is 12.7. The van der Waals surface area contributed by atoms with Crippen molar-refractivity contribution in [2.45, 2.75) is 6.04 Å². The lowest BCUT2D eigenvalue weighted by Crippen LogP contribution is -2.26. The van der Waals surface area contributed by atoms with Crippen molar-refractivity contribution < 1.29 is 5.11 Å². The largest absolute Gasteiger partial charge is 0.394 e. The van der Waals surface area contributed by atoms with Crippen LogP contribution in [-0.2, 0) is 0 Å². The fraction of sp³-hybridized carbons (Fsp3) is 0.100. The van der Waals surface area contributed by atoms with Crippen LogP contribution in [0.1, 0.15) is 11.6 Å². The molecule has 0 spiro atoms. The molecule has 2 N–H and O–H groups in total. The smallest absolute Gasteiger partial charge is 0.251 e. The van der Waals surface area contributed by atoms with Crippen LogP contribution < -0.4 is 5.56 Å². The number of halogens is 1. The van der Waals surface area contributed by atoms with Crippen LogP contribution in [0.25, 0.3) is 22.0 Å². The number of nitrogens with zero attached hydrogens (tertiary/aromatic N) is 2. The van der Waals surface area contributed by atoms with E-state index in [1.54, 1.807) is 36.7 Å². The van der Waals surface area contributed by atoms with Gasteiger partial charge in [-0.25, -0.2) is 0 Å². The number of hydrogen-bond donors (Lipinski definition) is 2. The third-order valence-electron chi connectivity index (χ3n) is 4.46. The van der Waals surface area contributed by atoms with E-state index in [0.717, 1.165) is 27.6 Å². The van der Waals surface area contributed by atoms with Gasteiger partial charge in [0.15, 0.2) is 0 Å². The molecule has 1 unspecified atom stereocenters. The molecular formula is C20H16ClN3O2. The highest BCUT2D eigenvalue weighted by atomic mass is 35.5. The van der Waals surface area contributed by atoms with Crippen molar-refractivity contribution in [1.82, 2.24) is 14.8 Å². The Bertz CT molecular complexity index is 1130. The topological polar surface area (TPSA) is 70.9 Å². The molecule has 0 amide bonds. The van der Waals surface area contributed by atoms with Crippen LogP contribution >= 0.6 is 11.6 Å². The van der Waals surface area contributed by atoms with Crippen molar-refractivity contribution in [2.75, 3.05) is 6.61 Å². The first kappa shape index (κ1) is 16.6. The van der Waals surface area contributed by atoms with Gasteiger partial charge in [0, 0.05) is 22.7 Å². The SMILES string of the molecule is O=c1cc(-c2ccc3[nH]ncc3c2)ccn1C(CO)c1cccc(Cl)c1. The Labute approximate surface area is 154 Å². The highest BCUT2D eigenvalue weighted by molar-refractivity contribution is 6.30. The van der Waals surface area contributed by atoms with E-state index in [4.69, 9.17) is 11.6 Å². The lowest BCUT2D eigenvalue weighted by atomic mass is 10.0. The molecule has 0 aliphatic rings. The minimum Gasteiger partial charge on any atom is -0.394 e.